The lowest BCUT2D eigenvalue weighted by Gasteiger charge is -2.37. The molecule has 25 heavy (non-hydrogen) atoms. The monoisotopic (exact) mass is 360 g/mol. The Morgan fingerprint density at radius 2 is 2.16 bits per heavy atom. The van der Waals surface area contributed by atoms with Gasteiger partial charge in [-0.2, -0.15) is 0 Å². The first-order chi connectivity index (χ1) is 12.3. The van der Waals surface area contributed by atoms with Crippen molar-refractivity contribution in [2.75, 3.05) is 13.6 Å². The van der Waals surface area contributed by atoms with Crippen molar-refractivity contribution in [2.24, 2.45) is 4.99 Å². The molecule has 1 aliphatic carbocycles. The minimum Gasteiger partial charge on any atom is -0.359 e. The lowest BCUT2D eigenvalue weighted by atomic mass is 9.73. The van der Waals surface area contributed by atoms with Crippen LogP contribution in [0.3, 0.4) is 0 Å². The van der Waals surface area contributed by atoms with Gasteiger partial charge >= 0.3 is 0 Å². The number of nitrogens with zero attached hydrogens (tertiary/aromatic N) is 2. The number of aliphatic imine (C=N–C) groups is 1. The second kappa shape index (κ2) is 8.52. The summed E-state index contributed by atoms with van der Waals surface area (Å²) in [6.45, 7) is 3.59. The van der Waals surface area contributed by atoms with E-state index in [1.807, 2.05) is 24.5 Å². The molecule has 0 amide bonds. The number of rotatable bonds is 6. The molecular formula is C19H28N4OS. The summed E-state index contributed by atoms with van der Waals surface area (Å²) in [5.41, 5.74) is 1.23. The molecule has 3 rings (SSSR count). The Morgan fingerprint density at radius 1 is 1.32 bits per heavy atom. The standard InChI is InChI=1S/C19H28N4OS/c1-3-15-12-16(24-23-15)13-21-18(20-2)22-14-19(9-5-4-6-10-19)17-8-7-11-25-17/h7-8,11-12H,3-6,9-10,13-14H2,1-2H3,(H2,20,21,22). The molecule has 0 aliphatic heterocycles. The molecule has 0 atom stereocenters. The van der Waals surface area contributed by atoms with Crippen LogP contribution in [0.1, 0.15) is 55.4 Å². The predicted molar refractivity (Wildman–Crippen MR) is 103 cm³/mol. The SMILES string of the molecule is CCc1cc(CNC(=NC)NCC2(c3cccs3)CCCCC2)on1. The van der Waals surface area contributed by atoms with E-state index in [1.165, 1.54) is 37.0 Å². The lowest BCUT2D eigenvalue weighted by molar-refractivity contribution is 0.296. The molecule has 0 unspecified atom stereocenters. The van der Waals surface area contributed by atoms with Crippen LogP contribution in [0.5, 0.6) is 0 Å². The van der Waals surface area contributed by atoms with Crippen molar-refractivity contribution in [3.63, 3.8) is 0 Å². The van der Waals surface area contributed by atoms with Gasteiger partial charge in [-0.3, -0.25) is 4.99 Å². The molecule has 136 valence electrons. The Morgan fingerprint density at radius 3 is 2.80 bits per heavy atom. The third-order valence-electron chi connectivity index (χ3n) is 5.07. The Bertz CT molecular complexity index is 671. The van der Waals surface area contributed by atoms with Crippen LogP contribution in [0, 0.1) is 0 Å². The van der Waals surface area contributed by atoms with Crippen molar-refractivity contribution in [2.45, 2.75) is 57.4 Å². The van der Waals surface area contributed by atoms with Crippen LogP contribution in [0.4, 0.5) is 0 Å². The first-order valence-corrected chi connectivity index (χ1v) is 10.1. The van der Waals surface area contributed by atoms with Gasteiger partial charge < -0.3 is 15.2 Å². The fourth-order valence-corrected chi connectivity index (χ4v) is 4.56. The molecule has 2 N–H and O–H groups in total. The molecule has 2 aromatic heterocycles. The quantitative estimate of drug-likeness (QED) is 0.606. The summed E-state index contributed by atoms with van der Waals surface area (Å²) in [6, 6.07) is 6.45. The molecule has 0 radical (unpaired) electrons. The van der Waals surface area contributed by atoms with E-state index in [2.05, 4.69) is 45.2 Å². The maximum absolute atomic E-state index is 5.33. The largest absolute Gasteiger partial charge is 0.359 e. The Kier molecular flexibility index (Phi) is 6.13. The van der Waals surface area contributed by atoms with Crippen LogP contribution in [0.2, 0.25) is 0 Å². The number of aromatic nitrogens is 1. The van der Waals surface area contributed by atoms with Gasteiger partial charge in [0.1, 0.15) is 0 Å². The smallest absolute Gasteiger partial charge is 0.191 e. The second-order valence-corrected chi connectivity index (χ2v) is 7.68. The normalized spacial score (nSPS) is 17.4. The highest BCUT2D eigenvalue weighted by Gasteiger charge is 2.34. The fraction of sp³-hybridized carbons (Fsp3) is 0.579. The van der Waals surface area contributed by atoms with Gasteiger partial charge in [0.25, 0.3) is 0 Å². The Hall–Kier alpha value is -1.82. The topological polar surface area (TPSA) is 62.5 Å². The van der Waals surface area contributed by atoms with Crippen LogP contribution in [0.15, 0.2) is 33.1 Å². The van der Waals surface area contributed by atoms with E-state index in [4.69, 9.17) is 4.52 Å². The number of nitrogens with one attached hydrogen (secondary N) is 2. The molecule has 1 aliphatic rings. The average Bonchev–Trinajstić information content (AvgIpc) is 3.35. The van der Waals surface area contributed by atoms with Gasteiger partial charge in [-0.05, 0) is 30.7 Å². The summed E-state index contributed by atoms with van der Waals surface area (Å²) in [7, 11) is 1.81. The lowest BCUT2D eigenvalue weighted by Crippen LogP contribution is -2.46. The molecule has 5 nitrogen and oxygen atoms in total. The van der Waals surface area contributed by atoms with Crippen molar-refractivity contribution in [1.29, 1.82) is 0 Å². The number of hydrogen-bond donors (Lipinski definition) is 2. The highest BCUT2D eigenvalue weighted by molar-refractivity contribution is 7.10. The predicted octanol–water partition coefficient (Wildman–Crippen LogP) is 3.87. The molecule has 1 saturated carbocycles. The van der Waals surface area contributed by atoms with E-state index < -0.39 is 0 Å². The molecule has 1 fully saturated rings. The van der Waals surface area contributed by atoms with E-state index in [0.717, 1.165) is 30.4 Å². The summed E-state index contributed by atoms with van der Waals surface area (Å²) in [5.74, 6) is 1.65. The minimum absolute atomic E-state index is 0.242. The van der Waals surface area contributed by atoms with Gasteiger partial charge in [-0.25, -0.2) is 0 Å². The zero-order chi connectivity index (χ0) is 17.5. The van der Waals surface area contributed by atoms with Gasteiger partial charge in [0.05, 0.1) is 12.2 Å². The van der Waals surface area contributed by atoms with E-state index in [9.17, 15) is 0 Å². The summed E-state index contributed by atoms with van der Waals surface area (Å²) < 4.78 is 5.33. The molecule has 0 saturated heterocycles. The van der Waals surface area contributed by atoms with Crippen LogP contribution in [0.25, 0.3) is 0 Å². The third kappa shape index (κ3) is 4.42. The first kappa shape index (κ1) is 18.0. The van der Waals surface area contributed by atoms with Gasteiger partial charge in [0, 0.05) is 30.0 Å². The number of thiophene rings is 1. The van der Waals surface area contributed by atoms with Gasteiger partial charge in [-0.1, -0.05) is 37.4 Å². The van der Waals surface area contributed by atoms with Crippen molar-refractivity contribution in [3.8, 4) is 0 Å². The Labute approximate surface area is 153 Å². The molecule has 6 heteroatoms. The zero-order valence-electron chi connectivity index (χ0n) is 15.2. The van der Waals surface area contributed by atoms with Gasteiger partial charge in [0.15, 0.2) is 11.7 Å². The van der Waals surface area contributed by atoms with Gasteiger partial charge in [0.2, 0.25) is 0 Å². The van der Waals surface area contributed by atoms with Crippen molar-refractivity contribution in [1.82, 2.24) is 15.8 Å². The van der Waals surface area contributed by atoms with Crippen molar-refractivity contribution < 1.29 is 4.52 Å². The second-order valence-electron chi connectivity index (χ2n) is 6.74. The highest BCUT2D eigenvalue weighted by Crippen LogP contribution is 2.41. The maximum atomic E-state index is 5.33. The summed E-state index contributed by atoms with van der Waals surface area (Å²) >= 11 is 1.88. The fourth-order valence-electron chi connectivity index (χ4n) is 3.57. The van der Waals surface area contributed by atoms with Crippen LogP contribution < -0.4 is 10.6 Å². The molecular weight excluding hydrogens is 332 g/mol. The molecule has 2 heterocycles. The van der Waals surface area contributed by atoms with Crippen molar-refractivity contribution in [3.05, 3.63) is 39.9 Å². The van der Waals surface area contributed by atoms with E-state index >= 15 is 0 Å². The van der Waals surface area contributed by atoms with Crippen LogP contribution in [-0.4, -0.2) is 24.7 Å². The van der Waals surface area contributed by atoms with Crippen LogP contribution >= 0.6 is 11.3 Å². The van der Waals surface area contributed by atoms with E-state index in [1.54, 1.807) is 0 Å². The summed E-state index contributed by atoms with van der Waals surface area (Å²) in [4.78, 5) is 5.86. The maximum Gasteiger partial charge on any atom is 0.191 e. The molecule has 0 spiro atoms. The number of hydrogen-bond acceptors (Lipinski definition) is 4. The minimum atomic E-state index is 0.242. The third-order valence-corrected chi connectivity index (χ3v) is 6.19. The van der Waals surface area contributed by atoms with Gasteiger partial charge in [-0.15, -0.1) is 11.3 Å². The number of guanidine groups is 1. The first-order valence-electron chi connectivity index (χ1n) is 9.19. The van der Waals surface area contributed by atoms with Crippen LogP contribution in [-0.2, 0) is 18.4 Å². The Balaban J connectivity index is 1.59. The number of aryl methyl sites for hydroxylation is 1. The average molecular weight is 361 g/mol. The molecule has 0 aromatic carbocycles. The summed E-state index contributed by atoms with van der Waals surface area (Å²) in [6.07, 6.45) is 7.36. The van der Waals surface area contributed by atoms with Crippen molar-refractivity contribution >= 4 is 17.3 Å². The molecule has 0 bridgehead atoms. The van der Waals surface area contributed by atoms with E-state index in [-0.39, 0.29) is 5.41 Å². The molecule has 2 aromatic rings. The zero-order valence-corrected chi connectivity index (χ0v) is 16.0. The van der Waals surface area contributed by atoms with E-state index in [0.29, 0.717) is 6.54 Å². The highest BCUT2D eigenvalue weighted by atomic mass is 32.1. The summed E-state index contributed by atoms with van der Waals surface area (Å²) in [5, 5.41) is 13.1.